The molecule has 0 unspecified atom stereocenters. The molecule has 3 heterocycles. The van der Waals surface area contributed by atoms with E-state index in [-0.39, 0.29) is 11.5 Å². The molecule has 2 aromatic heterocycles. The maximum absolute atomic E-state index is 13.3. The van der Waals surface area contributed by atoms with E-state index in [1.165, 1.54) is 23.8 Å². The molecule has 0 atom stereocenters. The molecular formula is C19H16FN3O3. The van der Waals surface area contributed by atoms with E-state index in [0.29, 0.717) is 30.3 Å². The van der Waals surface area contributed by atoms with Gasteiger partial charge in [-0.2, -0.15) is 0 Å². The number of anilines is 1. The molecule has 26 heavy (non-hydrogen) atoms. The number of nitro groups is 1. The third-order valence-corrected chi connectivity index (χ3v) is 4.51. The Morgan fingerprint density at radius 3 is 2.81 bits per heavy atom. The highest BCUT2D eigenvalue weighted by Crippen LogP contribution is 2.30. The number of furan rings is 1. The first-order chi connectivity index (χ1) is 12.6. The molecule has 0 radical (unpaired) electrons. The quantitative estimate of drug-likeness (QED) is 0.510. The van der Waals surface area contributed by atoms with Gasteiger partial charge >= 0.3 is 5.69 Å². The van der Waals surface area contributed by atoms with Crippen molar-refractivity contribution in [3.8, 4) is 0 Å². The van der Waals surface area contributed by atoms with Crippen LogP contribution < -0.4 is 4.90 Å². The molecule has 6 nitrogen and oxygen atoms in total. The molecule has 1 aromatic carbocycles. The third-order valence-electron chi connectivity index (χ3n) is 4.51. The molecule has 0 spiro atoms. The summed E-state index contributed by atoms with van der Waals surface area (Å²) in [7, 11) is 0. The van der Waals surface area contributed by atoms with Crippen molar-refractivity contribution in [1.29, 1.82) is 0 Å². The third kappa shape index (κ3) is 3.15. The van der Waals surface area contributed by atoms with Gasteiger partial charge in [-0.05, 0) is 49.2 Å². The van der Waals surface area contributed by atoms with Crippen LogP contribution in [-0.4, -0.2) is 23.0 Å². The number of nitrogens with zero attached hydrogens (tertiary/aromatic N) is 3. The lowest BCUT2D eigenvalue weighted by Crippen LogP contribution is -2.31. The van der Waals surface area contributed by atoms with Crippen LogP contribution >= 0.6 is 0 Å². The summed E-state index contributed by atoms with van der Waals surface area (Å²) in [5, 5.41) is 11.9. The molecule has 1 aliphatic heterocycles. The van der Waals surface area contributed by atoms with Gasteiger partial charge in [-0.25, -0.2) is 9.37 Å². The lowest BCUT2D eigenvalue weighted by atomic mass is 10.0. The van der Waals surface area contributed by atoms with Crippen LogP contribution in [-0.2, 0) is 0 Å². The van der Waals surface area contributed by atoms with E-state index < -0.39 is 4.92 Å². The Morgan fingerprint density at radius 2 is 2.04 bits per heavy atom. The number of hydrogen-bond acceptors (Lipinski definition) is 5. The first-order valence-electron chi connectivity index (χ1n) is 8.33. The normalized spacial score (nSPS) is 14.7. The highest BCUT2D eigenvalue weighted by atomic mass is 19.1. The number of fused-ring (bicyclic) bond motifs is 1. The van der Waals surface area contributed by atoms with Crippen LogP contribution in [0.3, 0.4) is 0 Å². The van der Waals surface area contributed by atoms with Crippen LogP contribution in [0.4, 0.5) is 15.9 Å². The molecule has 0 amide bonds. The van der Waals surface area contributed by atoms with Crippen molar-refractivity contribution in [2.45, 2.75) is 12.8 Å². The predicted molar refractivity (Wildman–Crippen MR) is 96.5 cm³/mol. The molecular weight excluding hydrogens is 337 g/mol. The second-order valence-electron chi connectivity index (χ2n) is 6.22. The Morgan fingerprint density at radius 1 is 1.23 bits per heavy atom. The first-order valence-corrected chi connectivity index (χ1v) is 8.33. The summed E-state index contributed by atoms with van der Waals surface area (Å²) in [5.41, 5.74) is 1.87. The number of piperidine rings is 1. The smallest absolute Gasteiger partial charge is 0.311 e. The van der Waals surface area contributed by atoms with Gasteiger partial charge in [-0.1, -0.05) is 5.57 Å². The Hall–Kier alpha value is -3.22. The maximum atomic E-state index is 13.3. The Balaban J connectivity index is 1.51. The molecule has 3 aromatic rings. The van der Waals surface area contributed by atoms with E-state index in [4.69, 9.17) is 4.42 Å². The molecule has 132 valence electrons. The van der Waals surface area contributed by atoms with Crippen LogP contribution in [0, 0.1) is 15.9 Å². The molecule has 1 saturated heterocycles. The van der Waals surface area contributed by atoms with Gasteiger partial charge in [-0.3, -0.25) is 10.1 Å². The Kier molecular flexibility index (Phi) is 4.12. The molecule has 1 aliphatic rings. The van der Waals surface area contributed by atoms with Crippen molar-refractivity contribution >= 4 is 28.6 Å². The van der Waals surface area contributed by atoms with Gasteiger partial charge in [0.2, 0.25) is 5.82 Å². The summed E-state index contributed by atoms with van der Waals surface area (Å²) in [4.78, 5) is 16.9. The van der Waals surface area contributed by atoms with E-state index >= 15 is 0 Å². The van der Waals surface area contributed by atoms with E-state index in [1.54, 1.807) is 18.3 Å². The number of rotatable bonds is 3. The summed E-state index contributed by atoms with van der Waals surface area (Å²) >= 11 is 0. The minimum Gasteiger partial charge on any atom is -0.457 e. The van der Waals surface area contributed by atoms with Gasteiger partial charge < -0.3 is 9.32 Å². The summed E-state index contributed by atoms with van der Waals surface area (Å²) in [5.74, 6) is 0.816. The standard InChI is InChI=1S/C19H16FN3O3/c20-15-3-4-18-14(11-15)12-16(26-18)10-13-5-8-22(9-6-13)19-17(23(24)25)2-1-7-21-19/h1-4,7,10-12H,5-6,8-9H2. The fourth-order valence-electron chi connectivity index (χ4n) is 3.23. The largest absolute Gasteiger partial charge is 0.457 e. The molecule has 0 N–H and O–H groups in total. The molecule has 0 aliphatic carbocycles. The first kappa shape index (κ1) is 16.3. The average molecular weight is 353 g/mol. The van der Waals surface area contributed by atoms with Gasteiger partial charge in [0.15, 0.2) is 0 Å². The van der Waals surface area contributed by atoms with Crippen molar-refractivity contribution in [2.75, 3.05) is 18.0 Å². The summed E-state index contributed by atoms with van der Waals surface area (Å²) in [6.45, 7) is 1.30. The van der Waals surface area contributed by atoms with Crippen LogP contribution in [0.15, 0.2) is 52.6 Å². The van der Waals surface area contributed by atoms with Gasteiger partial charge in [0.1, 0.15) is 17.2 Å². The van der Waals surface area contributed by atoms with Crippen LogP contribution in [0.25, 0.3) is 17.0 Å². The summed E-state index contributed by atoms with van der Waals surface area (Å²) < 4.78 is 19.0. The van der Waals surface area contributed by atoms with Crippen molar-refractivity contribution < 1.29 is 13.7 Å². The maximum Gasteiger partial charge on any atom is 0.311 e. The minimum absolute atomic E-state index is 0.0271. The summed E-state index contributed by atoms with van der Waals surface area (Å²) in [6, 6.07) is 9.31. The topological polar surface area (TPSA) is 72.4 Å². The van der Waals surface area contributed by atoms with E-state index in [0.717, 1.165) is 18.2 Å². The monoisotopic (exact) mass is 353 g/mol. The van der Waals surface area contributed by atoms with Gasteiger partial charge in [0, 0.05) is 30.7 Å². The fraction of sp³-hybridized carbons (Fsp3) is 0.211. The van der Waals surface area contributed by atoms with Crippen LogP contribution in [0.1, 0.15) is 18.6 Å². The van der Waals surface area contributed by atoms with E-state index in [9.17, 15) is 14.5 Å². The Labute approximate surface area is 148 Å². The zero-order valence-electron chi connectivity index (χ0n) is 13.9. The molecule has 7 heteroatoms. The molecule has 1 fully saturated rings. The average Bonchev–Trinajstić information content (AvgIpc) is 3.03. The van der Waals surface area contributed by atoms with Crippen LogP contribution in [0.2, 0.25) is 0 Å². The zero-order valence-corrected chi connectivity index (χ0v) is 13.9. The molecule has 0 bridgehead atoms. The number of benzene rings is 1. The van der Waals surface area contributed by atoms with E-state index in [2.05, 4.69) is 4.98 Å². The highest BCUT2D eigenvalue weighted by Gasteiger charge is 2.23. The van der Waals surface area contributed by atoms with Gasteiger partial charge in [0.05, 0.1) is 4.92 Å². The van der Waals surface area contributed by atoms with E-state index in [1.807, 2.05) is 17.0 Å². The van der Waals surface area contributed by atoms with Crippen molar-refractivity contribution in [3.05, 3.63) is 69.9 Å². The minimum atomic E-state index is -0.402. The second-order valence-corrected chi connectivity index (χ2v) is 6.22. The SMILES string of the molecule is O=[N+]([O-])c1cccnc1N1CCC(=Cc2cc3cc(F)ccc3o2)CC1. The highest BCUT2D eigenvalue weighted by molar-refractivity contribution is 5.80. The summed E-state index contributed by atoms with van der Waals surface area (Å²) in [6.07, 6.45) is 5.07. The van der Waals surface area contributed by atoms with Crippen molar-refractivity contribution in [2.24, 2.45) is 0 Å². The van der Waals surface area contributed by atoms with Crippen molar-refractivity contribution in [1.82, 2.24) is 4.98 Å². The molecule has 0 saturated carbocycles. The zero-order chi connectivity index (χ0) is 18.1. The van der Waals surface area contributed by atoms with Gasteiger partial charge in [-0.15, -0.1) is 0 Å². The Bertz CT molecular complexity index is 1000. The molecule has 4 rings (SSSR count). The number of hydrogen-bond donors (Lipinski definition) is 0. The number of halogens is 1. The van der Waals surface area contributed by atoms with Crippen molar-refractivity contribution in [3.63, 3.8) is 0 Å². The second kappa shape index (κ2) is 6.59. The fourth-order valence-corrected chi connectivity index (χ4v) is 3.23. The van der Waals surface area contributed by atoms with Crippen LogP contribution in [0.5, 0.6) is 0 Å². The number of aromatic nitrogens is 1. The number of pyridine rings is 1. The lowest BCUT2D eigenvalue weighted by Gasteiger charge is -2.28. The van der Waals surface area contributed by atoms with Gasteiger partial charge in [0.25, 0.3) is 0 Å². The lowest BCUT2D eigenvalue weighted by molar-refractivity contribution is -0.384. The predicted octanol–water partition coefficient (Wildman–Crippen LogP) is 4.56.